The van der Waals surface area contributed by atoms with Gasteiger partial charge in [-0.15, -0.1) is 0 Å². The van der Waals surface area contributed by atoms with Crippen LogP contribution in [-0.4, -0.2) is 27.9 Å². The van der Waals surface area contributed by atoms with Crippen molar-refractivity contribution >= 4 is 39.0 Å². The molecule has 0 radical (unpaired) electrons. The van der Waals surface area contributed by atoms with Crippen molar-refractivity contribution in [3.8, 4) is 0 Å². The maximum atomic E-state index is 11.9. The van der Waals surface area contributed by atoms with E-state index in [1.807, 2.05) is 0 Å². The highest BCUT2D eigenvalue weighted by Gasteiger charge is 2.22. The summed E-state index contributed by atoms with van der Waals surface area (Å²) in [5, 5.41) is -0.110. The first kappa shape index (κ1) is 13.1. The molecule has 0 aromatic carbocycles. The Morgan fingerprint density at radius 1 is 1.22 bits per heavy atom. The Morgan fingerprint density at radius 3 is 2.44 bits per heavy atom. The van der Waals surface area contributed by atoms with Crippen LogP contribution in [0.1, 0.15) is 0 Å². The second-order valence-electron chi connectivity index (χ2n) is 3.28. The summed E-state index contributed by atoms with van der Waals surface area (Å²) in [5.41, 5.74) is 0. The van der Waals surface area contributed by atoms with Gasteiger partial charge >= 0.3 is 0 Å². The second kappa shape index (κ2) is 4.71. The van der Waals surface area contributed by atoms with Gasteiger partial charge in [0.1, 0.15) is 10.3 Å². The third kappa shape index (κ3) is 2.55. The van der Waals surface area contributed by atoms with Crippen molar-refractivity contribution in [2.24, 2.45) is 7.05 Å². The third-order valence-electron chi connectivity index (χ3n) is 1.95. The first-order valence-electron chi connectivity index (χ1n) is 4.57. The third-order valence-corrected chi connectivity index (χ3v) is 3.99. The van der Waals surface area contributed by atoms with E-state index in [0.717, 1.165) is 0 Å². The molecule has 0 saturated carbocycles. The lowest BCUT2D eigenvalue weighted by Crippen LogP contribution is -2.15. The number of rotatable bonds is 3. The molecular weight excluding hydrogens is 301 g/mol. The minimum absolute atomic E-state index is 0.00410. The fraction of sp³-hybridized carbons (Fsp3) is 0.125. The zero-order valence-corrected chi connectivity index (χ0v) is 11.3. The van der Waals surface area contributed by atoms with Gasteiger partial charge < -0.3 is 4.57 Å². The summed E-state index contributed by atoms with van der Waals surface area (Å²) in [5.74, 6) is 0.0288. The molecule has 0 atom stereocenters. The molecule has 0 amide bonds. The van der Waals surface area contributed by atoms with Crippen molar-refractivity contribution < 1.29 is 8.42 Å². The summed E-state index contributed by atoms with van der Waals surface area (Å²) in [6, 6.07) is 0. The van der Waals surface area contributed by atoms with Crippen LogP contribution in [0.15, 0.2) is 23.7 Å². The highest BCUT2D eigenvalue weighted by molar-refractivity contribution is 7.92. The Kier molecular flexibility index (Phi) is 3.42. The van der Waals surface area contributed by atoms with Crippen LogP contribution in [0, 0.1) is 0 Å². The average Bonchev–Trinajstić information content (AvgIpc) is 2.63. The second-order valence-corrected chi connectivity index (χ2v) is 5.62. The van der Waals surface area contributed by atoms with E-state index >= 15 is 0 Å². The smallest absolute Gasteiger partial charge is 0.283 e. The largest absolute Gasteiger partial charge is 0.324 e. The van der Waals surface area contributed by atoms with E-state index < -0.39 is 10.0 Å². The molecule has 0 spiro atoms. The number of aromatic nitrogens is 4. The maximum Gasteiger partial charge on any atom is 0.283 e. The van der Waals surface area contributed by atoms with Gasteiger partial charge in [0.15, 0.2) is 5.82 Å². The number of nitrogens with zero attached hydrogens (tertiary/aromatic N) is 4. The number of anilines is 1. The Hall–Kier alpha value is -1.38. The van der Waals surface area contributed by atoms with Gasteiger partial charge in [0, 0.05) is 7.05 Å². The Labute approximate surface area is 113 Å². The maximum absolute atomic E-state index is 11.9. The van der Waals surface area contributed by atoms with E-state index in [1.165, 1.54) is 23.3 Å². The van der Waals surface area contributed by atoms with Gasteiger partial charge in [-0.25, -0.2) is 15.0 Å². The van der Waals surface area contributed by atoms with Crippen molar-refractivity contribution in [3.05, 3.63) is 29.0 Å². The molecule has 0 bridgehead atoms. The van der Waals surface area contributed by atoms with Gasteiger partial charge in [-0.2, -0.15) is 8.42 Å². The van der Waals surface area contributed by atoms with Crippen LogP contribution in [0.2, 0.25) is 10.3 Å². The van der Waals surface area contributed by atoms with Crippen LogP contribution in [-0.2, 0) is 17.1 Å². The van der Waals surface area contributed by atoms with Crippen LogP contribution in [0.5, 0.6) is 0 Å². The molecule has 2 aromatic heterocycles. The average molecular weight is 308 g/mol. The monoisotopic (exact) mass is 307 g/mol. The van der Waals surface area contributed by atoms with Crippen LogP contribution in [0.4, 0.5) is 5.82 Å². The minimum Gasteiger partial charge on any atom is -0.324 e. The zero-order valence-electron chi connectivity index (χ0n) is 9.00. The van der Waals surface area contributed by atoms with Gasteiger partial charge in [0.2, 0.25) is 5.03 Å². The SMILES string of the molecule is Cn1cnc(S(=O)(=O)Nc2cnc(Cl)cn2)c1Cl. The van der Waals surface area contributed by atoms with E-state index in [4.69, 9.17) is 23.2 Å². The van der Waals surface area contributed by atoms with Gasteiger partial charge in [-0.3, -0.25) is 4.72 Å². The molecule has 18 heavy (non-hydrogen) atoms. The highest BCUT2D eigenvalue weighted by atomic mass is 35.5. The lowest BCUT2D eigenvalue weighted by atomic mass is 10.7. The van der Waals surface area contributed by atoms with Gasteiger partial charge in [-0.1, -0.05) is 23.2 Å². The molecule has 10 heteroatoms. The number of hydrogen-bond donors (Lipinski definition) is 1. The summed E-state index contributed by atoms with van der Waals surface area (Å²) in [7, 11) is -2.32. The fourth-order valence-electron chi connectivity index (χ4n) is 1.13. The van der Waals surface area contributed by atoms with Gasteiger partial charge in [-0.05, 0) is 0 Å². The van der Waals surface area contributed by atoms with E-state index in [2.05, 4.69) is 19.7 Å². The molecule has 0 aliphatic rings. The first-order valence-corrected chi connectivity index (χ1v) is 6.81. The lowest BCUT2D eigenvalue weighted by molar-refractivity contribution is 0.598. The van der Waals surface area contributed by atoms with Gasteiger partial charge in [0.05, 0.1) is 18.7 Å². The van der Waals surface area contributed by atoms with Crippen molar-refractivity contribution in [3.63, 3.8) is 0 Å². The summed E-state index contributed by atoms with van der Waals surface area (Å²) in [4.78, 5) is 11.2. The molecule has 0 fully saturated rings. The van der Waals surface area contributed by atoms with E-state index in [1.54, 1.807) is 7.05 Å². The van der Waals surface area contributed by atoms with Crippen LogP contribution in [0.25, 0.3) is 0 Å². The van der Waals surface area contributed by atoms with Crippen molar-refractivity contribution in [2.45, 2.75) is 5.03 Å². The van der Waals surface area contributed by atoms with E-state index in [0.29, 0.717) is 0 Å². The normalized spacial score (nSPS) is 11.5. The molecule has 0 unspecified atom stereocenters. The molecule has 1 N–H and O–H groups in total. The molecule has 2 aromatic rings. The summed E-state index contributed by atoms with van der Waals surface area (Å²) in [6.45, 7) is 0. The predicted molar refractivity (Wildman–Crippen MR) is 66.1 cm³/mol. The van der Waals surface area contributed by atoms with Gasteiger partial charge in [0.25, 0.3) is 10.0 Å². The Balaban J connectivity index is 2.33. The Bertz CT molecular complexity index is 667. The van der Waals surface area contributed by atoms with Crippen LogP contribution < -0.4 is 4.72 Å². The van der Waals surface area contributed by atoms with Crippen molar-refractivity contribution in [1.82, 2.24) is 19.5 Å². The molecule has 0 aliphatic heterocycles. The number of aryl methyl sites for hydroxylation is 1. The summed E-state index contributed by atoms with van der Waals surface area (Å²) < 4.78 is 27.5. The molecule has 96 valence electrons. The fourth-order valence-corrected chi connectivity index (χ4v) is 2.65. The Morgan fingerprint density at radius 2 is 1.94 bits per heavy atom. The quantitative estimate of drug-likeness (QED) is 0.923. The number of nitrogens with one attached hydrogen (secondary N) is 1. The molecule has 7 nitrogen and oxygen atoms in total. The topological polar surface area (TPSA) is 89.8 Å². The minimum atomic E-state index is -3.90. The standard InChI is InChI=1S/C8H7Cl2N5O2S/c1-15-4-13-8(7(15)10)18(16,17)14-6-3-11-5(9)2-12-6/h2-4H,1H3,(H,12,14). The lowest BCUT2D eigenvalue weighted by Gasteiger charge is -2.04. The molecule has 2 rings (SSSR count). The van der Waals surface area contributed by atoms with E-state index in [-0.39, 0.29) is 21.2 Å². The van der Waals surface area contributed by atoms with E-state index in [9.17, 15) is 8.42 Å². The highest BCUT2D eigenvalue weighted by Crippen LogP contribution is 2.20. The number of hydrogen-bond acceptors (Lipinski definition) is 5. The first-order chi connectivity index (χ1) is 8.40. The number of halogens is 2. The zero-order chi connectivity index (χ0) is 13.3. The molecule has 0 saturated heterocycles. The van der Waals surface area contributed by atoms with Crippen LogP contribution >= 0.6 is 23.2 Å². The predicted octanol–water partition coefficient (Wildman–Crippen LogP) is 1.32. The molecule has 2 heterocycles. The van der Waals surface area contributed by atoms with Crippen molar-refractivity contribution in [2.75, 3.05) is 4.72 Å². The summed E-state index contributed by atoms with van der Waals surface area (Å²) >= 11 is 11.3. The molecular formula is C8H7Cl2N5O2S. The van der Waals surface area contributed by atoms with Crippen LogP contribution in [0.3, 0.4) is 0 Å². The van der Waals surface area contributed by atoms with Crippen molar-refractivity contribution in [1.29, 1.82) is 0 Å². The summed E-state index contributed by atoms with van der Waals surface area (Å²) in [6.07, 6.45) is 3.71. The number of sulfonamides is 1. The molecule has 0 aliphatic carbocycles. The number of imidazole rings is 1.